The van der Waals surface area contributed by atoms with Gasteiger partial charge in [-0.2, -0.15) is 0 Å². The van der Waals surface area contributed by atoms with Crippen LogP contribution in [0.5, 0.6) is 11.5 Å². The van der Waals surface area contributed by atoms with Gasteiger partial charge in [0.25, 0.3) is 0 Å². The van der Waals surface area contributed by atoms with Crippen molar-refractivity contribution in [3.05, 3.63) is 89.0 Å². The molecule has 0 spiro atoms. The van der Waals surface area contributed by atoms with E-state index >= 15 is 0 Å². The van der Waals surface area contributed by atoms with Crippen molar-refractivity contribution >= 4 is 5.69 Å². The molecule has 1 heterocycles. The summed E-state index contributed by atoms with van der Waals surface area (Å²) in [5, 5.41) is 3.52. The third-order valence-corrected chi connectivity index (χ3v) is 6.20. The molecule has 2 unspecified atom stereocenters. The maximum atomic E-state index is 6.45. The fourth-order valence-corrected chi connectivity index (χ4v) is 4.31. The van der Waals surface area contributed by atoms with Crippen LogP contribution in [0.1, 0.15) is 49.1 Å². The summed E-state index contributed by atoms with van der Waals surface area (Å²) in [6.45, 7) is 10.0. The fraction of sp³-hybridized carbons (Fsp3) is 0.379. The van der Waals surface area contributed by atoms with Crippen LogP contribution in [0.25, 0.3) is 0 Å². The molecule has 0 saturated heterocycles. The Morgan fingerprint density at radius 2 is 1.62 bits per heavy atom. The molecular formula is C29H35NO4. The number of anilines is 1. The summed E-state index contributed by atoms with van der Waals surface area (Å²) in [4.78, 5) is 0. The summed E-state index contributed by atoms with van der Waals surface area (Å²) in [5.74, 6) is 1.70. The van der Waals surface area contributed by atoms with E-state index in [0.29, 0.717) is 19.8 Å². The van der Waals surface area contributed by atoms with Crippen molar-refractivity contribution in [3.8, 4) is 11.5 Å². The molecule has 2 atom stereocenters. The van der Waals surface area contributed by atoms with E-state index in [2.05, 4.69) is 74.6 Å². The highest BCUT2D eigenvalue weighted by molar-refractivity contribution is 5.54. The predicted octanol–water partition coefficient (Wildman–Crippen LogP) is 6.45. The van der Waals surface area contributed by atoms with Gasteiger partial charge in [-0.15, -0.1) is 0 Å². The SMILES string of the molecule is CCOC1c2cc(NCc3ccc(OC)cc3)ccc2OC(C)(C)C1OCc1ccc(C)cc1. The van der Waals surface area contributed by atoms with Crippen LogP contribution in [0.4, 0.5) is 5.69 Å². The molecule has 0 aliphatic carbocycles. The normalized spacial score (nSPS) is 18.6. The largest absolute Gasteiger partial charge is 0.497 e. The Hall–Kier alpha value is -3.02. The fourth-order valence-electron chi connectivity index (χ4n) is 4.31. The summed E-state index contributed by atoms with van der Waals surface area (Å²) in [7, 11) is 1.68. The van der Waals surface area contributed by atoms with Crippen LogP contribution in [-0.4, -0.2) is 25.4 Å². The Morgan fingerprint density at radius 3 is 2.29 bits per heavy atom. The van der Waals surface area contributed by atoms with Crippen LogP contribution in [0, 0.1) is 6.92 Å². The van der Waals surface area contributed by atoms with Crippen molar-refractivity contribution in [1.29, 1.82) is 0 Å². The van der Waals surface area contributed by atoms with E-state index in [-0.39, 0.29) is 12.2 Å². The average molecular weight is 462 g/mol. The third-order valence-electron chi connectivity index (χ3n) is 6.20. The average Bonchev–Trinajstić information content (AvgIpc) is 2.83. The molecular weight excluding hydrogens is 426 g/mol. The highest BCUT2D eigenvalue weighted by Crippen LogP contribution is 2.44. The lowest BCUT2D eigenvalue weighted by atomic mass is 9.87. The summed E-state index contributed by atoms with van der Waals surface area (Å²) in [6, 6.07) is 22.7. The summed E-state index contributed by atoms with van der Waals surface area (Å²) < 4.78 is 24.4. The van der Waals surface area contributed by atoms with Gasteiger partial charge in [0.1, 0.15) is 29.3 Å². The first-order chi connectivity index (χ1) is 16.4. The lowest BCUT2D eigenvalue weighted by Crippen LogP contribution is -2.51. The number of ether oxygens (including phenoxy) is 4. The monoisotopic (exact) mass is 461 g/mol. The molecule has 4 rings (SSSR count). The molecule has 1 N–H and O–H groups in total. The molecule has 0 fully saturated rings. The molecule has 1 aliphatic rings. The van der Waals surface area contributed by atoms with Crippen LogP contribution >= 0.6 is 0 Å². The number of fused-ring (bicyclic) bond motifs is 1. The van der Waals surface area contributed by atoms with E-state index in [4.69, 9.17) is 18.9 Å². The summed E-state index contributed by atoms with van der Waals surface area (Å²) in [6.07, 6.45) is -0.477. The molecule has 0 aromatic heterocycles. The number of aryl methyl sites for hydroxylation is 1. The number of nitrogens with one attached hydrogen (secondary N) is 1. The van der Waals surface area contributed by atoms with Crippen LogP contribution in [0.2, 0.25) is 0 Å². The van der Waals surface area contributed by atoms with Gasteiger partial charge in [-0.3, -0.25) is 0 Å². The number of methoxy groups -OCH3 is 1. The topological polar surface area (TPSA) is 49.0 Å². The van der Waals surface area contributed by atoms with Crippen LogP contribution in [0.15, 0.2) is 66.7 Å². The zero-order valence-electron chi connectivity index (χ0n) is 20.8. The zero-order valence-corrected chi connectivity index (χ0v) is 20.8. The van der Waals surface area contributed by atoms with E-state index in [0.717, 1.165) is 28.3 Å². The van der Waals surface area contributed by atoms with Gasteiger partial charge >= 0.3 is 0 Å². The first kappa shape index (κ1) is 24.1. The quantitative estimate of drug-likeness (QED) is 0.397. The Kier molecular flexibility index (Phi) is 7.44. The summed E-state index contributed by atoms with van der Waals surface area (Å²) >= 11 is 0. The van der Waals surface area contributed by atoms with Gasteiger partial charge in [0.15, 0.2) is 0 Å². The molecule has 0 bridgehead atoms. The lowest BCUT2D eigenvalue weighted by molar-refractivity contribution is -0.165. The minimum Gasteiger partial charge on any atom is -0.497 e. The van der Waals surface area contributed by atoms with Crippen molar-refractivity contribution in [1.82, 2.24) is 0 Å². The Labute approximate surface area is 203 Å². The van der Waals surface area contributed by atoms with Crippen LogP contribution in [0.3, 0.4) is 0 Å². The van der Waals surface area contributed by atoms with Crippen LogP contribution < -0.4 is 14.8 Å². The standard InChI is InChI=1S/C29H35NO4/c1-6-32-27-25-17-23(30-18-21-11-14-24(31-5)15-12-21)13-16-26(25)34-29(3,4)28(27)33-19-22-9-7-20(2)8-10-22/h7-17,27-28,30H,6,18-19H2,1-5H3. The highest BCUT2D eigenvalue weighted by Gasteiger charge is 2.45. The molecule has 5 heteroatoms. The minimum absolute atomic E-state index is 0.225. The maximum absolute atomic E-state index is 6.45. The van der Waals surface area contributed by atoms with Crippen molar-refractivity contribution in [3.63, 3.8) is 0 Å². The van der Waals surface area contributed by atoms with E-state index in [9.17, 15) is 0 Å². The Morgan fingerprint density at radius 1 is 0.912 bits per heavy atom. The van der Waals surface area contributed by atoms with Gasteiger partial charge in [-0.1, -0.05) is 42.0 Å². The summed E-state index contributed by atoms with van der Waals surface area (Å²) in [5.41, 5.74) is 5.04. The number of hydrogen-bond donors (Lipinski definition) is 1. The second kappa shape index (κ2) is 10.5. The molecule has 34 heavy (non-hydrogen) atoms. The van der Waals surface area contributed by atoms with Gasteiger partial charge in [0, 0.05) is 24.4 Å². The molecule has 3 aromatic rings. The molecule has 3 aromatic carbocycles. The Bertz CT molecular complexity index is 1080. The van der Waals surface area contributed by atoms with Crippen molar-refractivity contribution in [2.24, 2.45) is 0 Å². The van der Waals surface area contributed by atoms with E-state index in [1.54, 1.807) is 7.11 Å². The third kappa shape index (κ3) is 5.54. The molecule has 0 saturated carbocycles. The number of rotatable bonds is 9. The lowest BCUT2D eigenvalue weighted by Gasteiger charge is -2.44. The second-order valence-electron chi connectivity index (χ2n) is 9.25. The molecule has 5 nitrogen and oxygen atoms in total. The van der Waals surface area contributed by atoms with Gasteiger partial charge in [0.05, 0.1) is 13.7 Å². The first-order valence-corrected chi connectivity index (χ1v) is 11.9. The molecule has 0 amide bonds. The van der Waals surface area contributed by atoms with E-state index in [1.807, 2.05) is 25.1 Å². The van der Waals surface area contributed by atoms with Crippen molar-refractivity contribution in [2.45, 2.75) is 58.7 Å². The smallest absolute Gasteiger partial charge is 0.132 e. The van der Waals surface area contributed by atoms with Gasteiger partial charge in [-0.25, -0.2) is 0 Å². The molecule has 0 radical (unpaired) electrons. The maximum Gasteiger partial charge on any atom is 0.132 e. The number of hydrogen-bond acceptors (Lipinski definition) is 5. The van der Waals surface area contributed by atoms with Crippen molar-refractivity contribution < 1.29 is 18.9 Å². The molecule has 1 aliphatic heterocycles. The minimum atomic E-state index is -0.532. The van der Waals surface area contributed by atoms with Gasteiger partial charge < -0.3 is 24.3 Å². The van der Waals surface area contributed by atoms with Gasteiger partial charge in [0.2, 0.25) is 0 Å². The second-order valence-corrected chi connectivity index (χ2v) is 9.25. The van der Waals surface area contributed by atoms with Crippen LogP contribution in [-0.2, 0) is 22.6 Å². The number of benzene rings is 3. The zero-order chi connectivity index (χ0) is 24.1. The highest BCUT2D eigenvalue weighted by atomic mass is 16.6. The van der Waals surface area contributed by atoms with E-state index < -0.39 is 5.60 Å². The predicted molar refractivity (Wildman–Crippen MR) is 136 cm³/mol. The van der Waals surface area contributed by atoms with Crippen molar-refractivity contribution in [2.75, 3.05) is 19.0 Å². The molecule has 180 valence electrons. The van der Waals surface area contributed by atoms with Gasteiger partial charge in [-0.05, 0) is 69.2 Å². The Balaban J connectivity index is 1.53. The van der Waals surface area contributed by atoms with E-state index in [1.165, 1.54) is 11.1 Å². The first-order valence-electron chi connectivity index (χ1n) is 11.9.